The molecule has 0 aromatic rings. The van der Waals surface area contributed by atoms with Crippen LogP contribution in [0.15, 0.2) is 0 Å². The van der Waals surface area contributed by atoms with E-state index in [0.29, 0.717) is 0 Å². The van der Waals surface area contributed by atoms with Gasteiger partial charge >= 0.3 is 0 Å². The normalized spacial score (nSPS) is 37.9. The Morgan fingerprint density at radius 3 is 2.00 bits per heavy atom. The van der Waals surface area contributed by atoms with Crippen molar-refractivity contribution in [3.63, 3.8) is 0 Å². The number of hydrogen-bond donors (Lipinski definition) is 0. The van der Waals surface area contributed by atoms with Crippen molar-refractivity contribution in [3.8, 4) is 0 Å². The highest BCUT2D eigenvalue weighted by Gasteiger charge is 2.44. The Hall–Kier alpha value is -0.330. The predicted octanol–water partition coefficient (Wildman–Crippen LogP) is 2.40. The van der Waals surface area contributed by atoms with Crippen LogP contribution in [-0.4, -0.2) is 6.29 Å². The second kappa shape index (κ2) is 2.08. The van der Waals surface area contributed by atoms with Crippen LogP contribution in [0, 0.1) is 10.8 Å². The lowest BCUT2D eigenvalue weighted by Crippen LogP contribution is -2.30. The summed E-state index contributed by atoms with van der Waals surface area (Å²) in [5.74, 6) is 0. The molecule has 0 amide bonds. The molecule has 0 aromatic carbocycles. The summed E-state index contributed by atoms with van der Waals surface area (Å²) in [6.07, 6.45) is 4.62. The monoisotopic (exact) mass is 140 g/mol. The first-order chi connectivity index (χ1) is 4.52. The Balaban J connectivity index is 2.85. The number of hydrogen-bond acceptors (Lipinski definition) is 1. The molecule has 1 aliphatic carbocycles. The third-order valence-corrected chi connectivity index (χ3v) is 3.30. The topological polar surface area (TPSA) is 17.1 Å². The highest BCUT2D eigenvalue weighted by molar-refractivity contribution is 5.60. The van der Waals surface area contributed by atoms with E-state index in [9.17, 15) is 4.79 Å². The van der Waals surface area contributed by atoms with Crippen LogP contribution in [0.3, 0.4) is 0 Å². The Labute approximate surface area is 62.8 Å². The Morgan fingerprint density at radius 2 is 1.80 bits per heavy atom. The first kappa shape index (κ1) is 7.77. The summed E-state index contributed by atoms with van der Waals surface area (Å²) in [5, 5.41) is 0. The van der Waals surface area contributed by atoms with Crippen LogP contribution in [0.5, 0.6) is 0 Å². The van der Waals surface area contributed by atoms with E-state index in [0.717, 1.165) is 12.7 Å². The molecule has 1 rings (SSSR count). The van der Waals surface area contributed by atoms with Crippen molar-refractivity contribution in [2.45, 2.75) is 40.0 Å². The molecule has 1 nitrogen and oxygen atoms in total. The molecule has 0 N–H and O–H groups in total. The van der Waals surface area contributed by atoms with Crippen LogP contribution in [0.4, 0.5) is 0 Å². The Bertz CT molecular complexity index is 149. The van der Waals surface area contributed by atoms with Crippen molar-refractivity contribution in [1.82, 2.24) is 0 Å². The van der Waals surface area contributed by atoms with E-state index in [1.54, 1.807) is 0 Å². The minimum absolute atomic E-state index is 0.0486. The molecule has 0 bridgehead atoms. The van der Waals surface area contributed by atoms with Gasteiger partial charge in [-0.25, -0.2) is 0 Å². The van der Waals surface area contributed by atoms with Crippen LogP contribution in [-0.2, 0) is 4.79 Å². The van der Waals surface area contributed by atoms with E-state index in [1.807, 2.05) is 0 Å². The van der Waals surface area contributed by atoms with E-state index in [-0.39, 0.29) is 10.8 Å². The fourth-order valence-corrected chi connectivity index (χ4v) is 1.74. The molecule has 0 saturated heterocycles. The van der Waals surface area contributed by atoms with Crippen molar-refractivity contribution in [1.29, 1.82) is 0 Å². The average Bonchev–Trinajstić information content (AvgIpc) is 2.10. The Morgan fingerprint density at radius 1 is 1.20 bits per heavy atom. The van der Waals surface area contributed by atoms with E-state index in [2.05, 4.69) is 20.8 Å². The predicted molar refractivity (Wildman–Crippen MR) is 41.8 cm³/mol. The van der Waals surface area contributed by atoms with Gasteiger partial charge in [0.15, 0.2) is 0 Å². The third-order valence-electron chi connectivity index (χ3n) is 3.30. The van der Waals surface area contributed by atoms with Gasteiger partial charge in [0.05, 0.1) is 0 Å². The number of aldehydes is 1. The lowest BCUT2D eigenvalue weighted by atomic mass is 9.70. The van der Waals surface area contributed by atoms with Crippen LogP contribution < -0.4 is 0 Å². The third kappa shape index (κ3) is 0.882. The van der Waals surface area contributed by atoms with Crippen molar-refractivity contribution in [2.24, 2.45) is 10.8 Å². The summed E-state index contributed by atoms with van der Waals surface area (Å²) >= 11 is 0. The summed E-state index contributed by atoms with van der Waals surface area (Å²) in [7, 11) is 0. The fraction of sp³-hybridized carbons (Fsp3) is 0.889. The molecule has 0 aromatic heterocycles. The molecule has 1 atom stereocenters. The standard InChI is InChI=1S/C9H16O/c1-8(2)5-4-6-9(8,3)7-10/h7H,4-6H2,1-3H3. The second-order valence-corrected chi connectivity index (χ2v) is 4.27. The van der Waals surface area contributed by atoms with Crippen molar-refractivity contribution in [2.75, 3.05) is 0 Å². The highest BCUT2D eigenvalue weighted by atomic mass is 16.1. The van der Waals surface area contributed by atoms with Crippen LogP contribution in [0.1, 0.15) is 40.0 Å². The first-order valence-electron chi connectivity index (χ1n) is 3.98. The van der Waals surface area contributed by atoms with Gasteiger partial charge in [-0.05, 0) is 18.3 Å². The van der Waals surface area contributed by atoms with Gasteiger partial charge < -0.3 is 4.79 Å². The largest absolute Gasteiger partial charge is 0.303 e. The quantitative estimate of drug-likeness (QED) is 0.511. The van der Waals surface area contributed by atoms with Crippen molar-refractivity contribution < 1.29 is 4.79 Å². The summed E-state index contributed by atoms with van der Waals surface area (Å²) in [5.41, 5.74) is 0.182. The summed E-state index contributed by atoms with van der Waals surface area (Å²) in [6.45, 7) is 6.45. The van der Waals surface area contributed by atoms with Gasteiger partial charge in [-0.1, -0.05) is 27.2 Å². The molecule has 1 unspecified atom stereocenters. The molecule has 1 aliphatic rings. The van der Waals surface area contributed by atoms with Crippen LogP contribution in [0.2, 0.25) is 0 Å². The van der Waals surface area contributed by atoms with Gasteiger partial charge in [0, 0.05) is 5.41 Å². The zero-order valence-corrected chi connectivity index (χ0v) is 7.11. The van der Waals surface area contributed by atoms with Crippen molar-refractivity contribution >= 4 is 6.29 Å². The fourth-order valence-electron chi connectivity index (χ4n) is 1.74. The molecule has 0 spiro atoms. The number of carbonyl (C=O) groups is 1. The van der Waals surface area contributed by atoms with Crippen LogP contribution in [0.25, 0.3) is 0 Å². The van der Waals surface area contributed by atoms with Gasteiger partial charge in [0.2, 0.25) is 0 Å². The average molecular weight is 140 g/mol. The molecule has 0 radical (unpaired) electrons. The number of rotatable bonds is 1. The smallest absolute Gasteiger partial charge is 0.126 e. The van der Waals surface area contributed by atoms with Gasteiger partial charge in [0.25, 0.3) is 0 Å². The highest BCUT2D eigenvalue weighted by Crippen LogP contribution is 2.50. The lowest BCUT2D eigenvalue weighted by molar-refractivity contribution is -0.119. The Kier molecular flexibility index (Phi) is 1.61. The molecule has 10 heavy (non-hydrogen) atoms. The van der Waals surface area contributed by atoms with E-state index < -0.39 is 0 Å². The molecule has 58 valence electrons. The first-order valence-corrected chi connectivity index (χ1v) is 3.98. The maximum atomic E-state index is 10.7. The van der Waals surface area contributed by atoms with Crippen molar-refractivity contribution in [3.05, 3.63) is 0 Å². The molecule has 1 saturated carbocycles. The number of carbonyl (C=O) groups excluding carboxylic acids is 1. The molecule has 1 fully saturated rings. The zero-order valence-electron chi connectivity index (χ0n) is 7.11. The molecular weight excluding hydrogens is 124 g/mol. The van der Waals surface area contributed by atoms with E-state index >= 15 is 0 Å². The maximum Gasteiger partial charge on any atom is 0.126 e. The molecule has 0 heterocycles. The summed E-state index contributed by atoms with van der Waals surface area (Å²) in [6, 6.07) is 0. The molecule has 0 aliphatic heterocycles. The second-order valence-electron chi connectivity index (χ2n) is 4.27. The van der Waals surface area contributed by atoms with E-state index in [1.165, 1.54) is 12.8 Å². The van der Waals surface area contributed by atoms with Crippen LogP contribution >= 0.6 is 0 Å². The summed E-state index contributed by atoms with van der Waals surface area (Å²) < 4.78 is 0. The molecular formula is C9H16O. The zero-order chi connectivity index (χ0) is 7.83. The lowest BCUT2D eigenvalue weighted by Gasteiger charge is -2.32. The van der Waals surface area contributed by atoms with Gasteiger partial charge in [-0.15, -0.1) is 0 Å². The molecule has 1 heteroatoms. The van der Waals surface area contributed by atoms with Gasteiger partial charge in [-0.2, -0.15) is 0 Å². The minimum Gasteiger partial charge on any atom is -0.303 e. The summed E-state index contributed by atoms with van der Waals surface area (Å²) in [4.78, 5) is 10.7. The van der Waals surface area contributed by atoms with Gasteiger partial charge in [-0.3, -0.25) is 0 Å². The van der Waals surface area contributed by atoms with E-state index in [4.69, 9.17) is 0 Å². The van der Waals surface area contributed by atoms with Gasteiger partial charge in [0.1, 0.15) is 6.29 Å². The minimum atomic E-state index is -0.0486. The maximum absolute atomic E-state index is 10.7. The SMILES string of the molecule is CC1(C)CCCC1(C)C=O.